The first-order valence-corrected chi connectivity index (χ1v) is 9.09. The molecule has 0 saturated carbocycles. The zero-order valence-corrected chi connectivity index (χ0v) is 15.5. The highest BCUT2D eigenvalue weighted by Crippen LogP contribution is 2.15. The minimum atomic E-state index is -0.864. The van der Waals surface area contributed by atoms with Crippen LogP contribution in [0.4, 0.5) is 0 Å². The van der Waals surface area contributed by atoms with Gasteiger partial charge in [-0.05, 0) is 24.5 Å². The predicted octanol–water partition coefficient (Wildman–Crippen LogP) is 1.27. The van der Waals surface area contributed by atoms with E-state index >= 15 is 0 Å². The van der Waals surface area contributed by atoms with Gasteiger partial charge in [0, 0.05) is 31.8 Å². The van der Waals surface area contributed by atoms with Gasteiger partial charge in [-0.1, -0.05) is 25.1 Å². The summed E-state index contributed by atoms with van der Waals surface area (Å²) in [5.41, 5.74) is 0.539. The largest absolute Gasteiger partial charge is 0.389 e. The fourth-order valence-corrected chi connectivity index (χ4v) is 3.10. The number of nitrogens with zero attached hydrogens (tertiary/aromatic N) is 3. The van der Waals surface area contributed by atoms with Gasteiger partial charge in [0.2, 0.25) is 0 Å². The SMILES string of the molecule is CC(C)Cc1cc(C(=O)N[C@@H]2CCN(C(=O)c3ccccn3)C[C@H]2O)no1. The van der Waals surface area contributed by atoms with Crippen molar-refractivity contribution in [2.75, 3.05) is 13.1 Å². The summed E-state index contributed by atoms with van der Waals surface area (Å²) in [6, 6.07) is 6.30. The number of aliphatic hydroxyl groups is 1. The Morgan fingerprint density at radius 3 is 2.85 bits per heavy atom. The smallest absolute Gasteiger partial charge is 0.273 e. The first-order valence-electron chi connectivity index (χ1n) is 9.09. The van der Waals surface area contributed by atoms with E-state index in [0.29, 0.717) is 36.8 Å². The van der Waals surface area contributed by atoms with Crippen molar-refractivity contribution in [1.29, 1.82) is 0 Å². The van der Waals surface area contributed by atoms with Crippen LogP contribution in [0.2, 0.25) is 0 Å². The number of amides is 2. The number of carbonyl (C=O) groups excluding carboxylic acids is 2. The van der Waals surface area contributed by atoms with Crippen molar-refractivity contribution in [3.63, 3.8) is 0 Å². The van der Waals surface area contributed by atoms with Crippen LogP contribution in [0, 0.1) is 5.92 Å². The number of hydrogen-bond donors (Lipinski definition) is 2. The van der Waals surface area contributed by atoms with Crippen LogP contribution < -0.4 is 5.32 Å². The topological polar surface area (TPSA) is 109 Å². The van der Waals surface area contributed by atoms with Crippen LogP contribution in [0.25, 0.3) is 0 Å². The maximum atomic E-state index is 12.4. The molecule has 2 N–H and O–H groups in total. The second-order valence-corrected chi connectivity index (χ2v) is 7.18. The normalized spacial score (nSPS) is 19.9. The standard InChI is InChI=1S/C19H24N4O4/c1-12(2)9-13-10-16(22-27-13)18(25)21-14-6-8-23(11-17(14)24)19(26)15-5-3-4-7-20-15/h3-5,7,10,12,14,17,24H,6,8-9,11H2,1-2H3,(H,21,25)/t14-,17-/m1/s1. The highest BCUT2D eigenvalue weighted by atomic mass is 16.5. The summed E-state index contributed by atoms with van der Waals surface area (Å²) >= 11 is 0. The zero-order valence-electron chi connectivity index (χ0n) is 15.5. The summed E-state index contributed by atoms with van der Waals surface area (Å²) in [5, 5.41) is 17.0. The highest BCUT2D eigenvalue weighted by Gasteiger charge is 2.32. The van der Waals surface area contributed by atoms with E-state index in [9.17, 15) is 14.7 Å². The fourth-order valence-electron chi connectivity index (χ4n) is 3.10. The van der Waals surface area contributed by atoms with Gasteiger partial charge in [0.15, 0.2) is 5.69 Å². The number of rotatable bonds is 5. The minimum Gasteiger partial charge on any atom is -0.389 e. The lowest BCUT2D eigenvalue weighted by molar-refractivity contribution is 0.0310. The van der Waals surface area contributed by atoms with E-state index in [2.05, 4.69) is 29.3 Å². The summed E-state index contributed by atoms with van der Waals surface area (Å²) in [6.45, 7) is 4.67. The van der Waals surface area contributed by atoms with Gasteiger partial charge in [0.05, 0.1) is 12.1 Å². The summed E-state index contributed by atoms with van der Waals surface area (Å²) in [6.07, 6.45) is 1.85. The average molecular weight is 372 g/mol. The second-order valence-electron chi connectivity index (χ2n) is 7.18. The van der Waals surface area contributed by atoms with Gasteiger partial charge in [-0.3, -0.25) is 14.6 Å². The Kier molecular flexibility index (Phi) is 5.85. The van der Waals surface area contributed by atoms with Gasteiger partial charge in [0.25, 0.3) is 11.8 Å². The van der Waals surface area contributed by atoms with Crippen molar-refractivity contribution < 1.29 is 19.2 Å². The van der Waals surface area contributed by atoms with E-state index in [0.717, 1.165) is 0 Å². The molecule has 27 heavy (non-hydrogen) atoms. The van der Waals surface area contributed by atoms with Crippen LogP contribution in [0.15, 0.2) is 35.0 Å². The van der Waals surface area contributed by atoms with Crippen LogP contribution in [-0.4, -0.2) is 57.2 Å². The van der Waals surface area contributed by atoms with Crippen LogP contribution in [0.1, 0.15) is 47.0 Å². The molecule has 2 amide bonds. The Balaban J connectivity index is 1.56. The number of piperidine rings is 1. The predicted molar refractivity (Wildman–Crippen MR) is 97.1 cm³/mol. The molecule has 2 aromatic heterocycles. The summed E-state index contributed by atoms with van der Waals surface area (Å²) in [4.78, 5) is 30.4. The van der Waals surface area contributed by atoms with Crippen molar-refractivity contribution >= 4 is 11.8 Å². The molecule has 0 aromatic carbocycles. The molecule has 8 heteroatoms. The number of carbonyl (C=O) groups is 2. The summed E-state index contributed by atoms with van der Waals surface area (Å²) in [5.74, 6) is 0.444. The number of β-amino-alcohol motifs (C(OH)–C–C–N with tert-alkyl or cyclic N) is 1. The van der Waals surface area contributed by atoms with Crippen molar-refractivity contribution in [2.24, 2.45) is 5.92 Å². The lowest BCUT2D eigenvalue weighted by Gasteiger charge is -2.35. The zero-order chi connectivity index (χ0) is 19.4. The summed E-state index contributed by atoms with van der Waals surface area (Å²) in [7, 11) is 0. The molecule has 0 aliphatic carbocycles. The quantitative estimate of drug-likeness (QED) is 0.818. The fraction of sp³-hybridized carbons (Fsp3) is 0.474. The molecule has 144 valence electrons. The number of nitrogens with one attached hydrogen (secondary N) is 1. The third kappa shape index (κ3) is 4.71. The minimum absolute atomic E-state index is 0.137. The number of aromatic nitrogens is 2. The molecule has 0 radical (unpaired) electrons. The third-order valence-electron chi connectivity index (χ3n) is 4.47. The molecular formula is C19H24N4O4. The van der Waals surface area contributed by atoms with Crippen LogP contribution in [0.5, 0.6) is 0 Å². The molecule has 2 atom stereocenters. The Labute approximate surface area is 157 Å². The van der Waals surface area contributed by atoms with E-state index in [4.69, 9.17) is 4.52 Å². The molecule has 1 aliphatic heterocycles. The first kappa shape index (κ1) is 19.0. The molecule has 0 spiro atoms. The van der Waals surface area contributed by atoms with Gasteiger partial charge >= 0.3 is 0 Å². The second kappa shape index (κ2) is 8.30. The van der Waals surface area contributed by atoms with Gasteiger partial charge in [0.1, 0.15) is 11.5 Å². The van der Waals surface area contributed by atoms with E-state index in [1.165, 1.54) is 0 Å². The summed E-state index contributed by atoms with van der Waals surface area (Å²) < 4.78 is 5.18. The molecule has 8 nitrogen and oxygen atoms in total. The van der Waals surface area contributed by atoms with Gasteiger partial charge in [-0.25, -0.2) is 0 Å². The molecule has 3 rings (SSSR count). The van der Waals surface area contributed by atoms with E-state index in [-0.39, 0.29) is 24.1 Å². The van der Waals surface area contributed by atoms with Gasteiger partial charge in [-0.2, -0.15) is 0 Å². The Hall–Kier alpha value is -2.74. The lowest BCUT2D eigenvalue weighted by Crippen LogP contribution is -2.55. The van der Waals surface area contributed by atoms with Gasteiger partial charge in [-0.15, -0.1) is 0 Å². The lowest BCUT2D eigenvalue weighted by atomic mass is 10.0. The Morgan fingerprint density at radius 1 is 1.37 bits per heavy atom. The number of hydrogen-bond acceptors (Lipinski definition) is 6. The third-order valence-corrected chi connectivity index (χ3v) is 4.47. The number of aliphatic hydroxyl groups excluding tert-OH is 1. The number of pyridine rings is 1. The van der Waals surface area contributed by atoms with Crippen molar-refractivity contribution in [3.05, 3.63) is 47.6 Å². The first-order chi connectivity index (χ1) is 12.9. The van der Waals surface area contributed by atoms with Crippen LogP contribution in [0.3, 0.4) is 0 Å². The molecule has 3 heterocycles. The van der Waals surface area contributed by atoms with Crippen molar-refractivity contribution in [2.45, 2.75) is 38.8 Å². The molecule has 2 aromatic rings. The van der Waals surface area contributed by atoms with Crippen LogP contribution >= 0.6 is 0 Å². The monoisotopic (exact) mass is 372 g/mol. The maximum Gasteiger partial charge on any atom is 0.273 e. The van der Waals surface area contributed by atoms with Crippen molar-refractivity contribution in [1.82, 2.24) is 20.4 Å². The Bertz CT molecular complexity index is 790. The molecular weight excluding hydrogens is 348 g/mol. The average Bonchev–Trinajstić information content (AvgIpc) is 3.11. The molecule has 1 fully saturated rings. The molecule has 1 saturated heterocycles. The maximum absolute atomic E-state index is 12.4. The van der Waals surface area contributed by atoms with Gasteiger partial charge < -0.3 is 19.8 Å². The van der Waals surface area contributed by atoms with E-state index in [1.807, 2.05) is 0 Å². The molecule has 0 bridgehead atoms. The van der Waals surface area contributed by atoms with E-state index < -0.39 is 12.1 Å². The van der Waals surface area contributed by atoms with Crippen molar-refractivity contribution in [3.8, 4) is 0 Å². The Morgan fingerprint density at radius 2 is 2.19 bits per heavy atom. The van der Waals surface area contributed by atoms with E-state index in [1.54, 1.807) is 35.4 Å². The molecule has 1 aliphatic rings. The van der Waals surface area contributed by atoms with Crippen LogP contribution in [-0.2, 0) is 6.42 Å². The molecule has 0 unspecified atom stereocenters. The number of likely N-dealkylation sites (tertiary alicyclic amines) is 1. The highest BCUT2D eigenvalue weighted by molar-refractivity contribution is 5.93.